The third-order valence-corrected chi connectivity index (χ3v) is 3.75. The lowest BCUT2D eigenvalue weighted by atomic mass is 10.0. The van der Waals surface area contributed by atoms with Crippen molar-refractivity contribution < 1.29 is 24.2 Å². The van der Waals surface area contributed by atoms with Gasteiger partial charge in [0, 0.05) is 29.1 Å². The first kappa shape index (κ1) is 21.9. The van der Waals surface area contributed by atoms with Gasteiger partial charge in [-0.25, -0.2) is 9.59 Å². The number of carbonyl (C=O) groups is 3. The van der Waals surface area contributed by atoms with Crippen LogP contribution in [0.3, 0.4) is 0 Å². The predicted molar refractivity (Wildman–Crippen MR) is 114 cm³/mol. The van der Waals surface area contributed by atoms with Gasteiger partial charge in [-0.05, 0) is 53.6 Å². The fourth-order valence-corrected chi connectivity index (χ4v) is 2.43. The van der Waals surface area contributed by atoms with Gasteiger partial charge in [0.15, 0.2) is 5.96 Å². The van der Waals surface area contributed by atoms with Gasteiger partial charge in [-0.1, -0.05) is 12.1 Å². The van der Waals surface area contributed by atoms with Crippen LogP contribution in [0.15, 0.2) is 54.6 Å². The number of carboxylic acids is 1. The number of hydrogen-bond donors (Lipinski definition) is 5. The fourth-order valence-electron chi connectivity index (χ4n) is 2.43. The van der Waals surface area contributed by atoms with E-state index in [9.17, 15) is 14.4 Å². The van der Waals surface area contributed by atoms with Crippen molar-refractivity contribution in [2.45, 2.75) is 0 Å². The normalized spacial score (nSPS) is 10.7. The molecule has 9 heteroatoms. The molecule has 0 fully saturated rings. The highest BCUT2D eigenvalue weighted by atomic mass is 16.5. The zero-order chi connectivity index (χ0) is 22.1. The van der Waals surface area contributed by atoms with Gasteiger partial charge in [0.05, 0.1) is 7.11 Å². The summed E-state index contributed by atoms with van der Waals surface area (Å²) >= 11 is 0. The van der Waals surface area contributed by atoms with Gasteiger partial charge in [-0.3, -0.25) is 10.2 Å². The third-order valence-electron chi connectivity index (χ3n) is 3.75. The Labute approximate surface area is 172 Å². The Morgan fingerprint density at radius 1 is 1.00 bits per heavy atom. The average molecular weight is 408 g/mol. The van der Waals surface area contributed by atoms with E-state index in [1.165, 1.54) is 25.3 Å². The quantitative estimate of drug-likeness (QED) is 0.204. The summed E-state index contributed by atoms with van der Waals surface area (Å²) in [6.07, 6.45) is 4.99. The maximum absolute atomic E-state index is 12.6. The van der Waals surface area contributed by atoms with E-state index in [2.05, 4.69) is 15.4 Å². The number of nitrogens with two attached hydrogens (primary N) is 1. The summed E-state index contributed by atoms with van der Waals surface area (Å²) in [6, 6.07) is 11.3. The van der Waals surface area contributed by atoms with Gasteiger partial charge >= 0.3 is 11.9 Å². The lowest BCUT2D eigenvalue weighted by Gasteiger charge is -2.10. The first-order valence-corrected chi connectivity index (χ1v) is 8.62. The van der Waals surface area contributed by atoms with E-state index in [1.54, 1.807) is 42.5 Å². The molecule has 0 unspecified atom stereocenters. The Hall–Kier alpha value is -4.40. The Balaban J connectivity index is 2.29. The Bertz CT molecular complexity index is 1040. The monoisotopic (exact) mass is 408 g/mol. The molecular weight excluding hydrogens is 388 g/mol. The minimum Gasteiger partial charge on any atom is -0.478 e. The van der Waals surface area contributed by atoms with Crippen molar-refractivity contribution in [1.82, 2.24) is 0 Å². The number of guanidine groups is 1. The van der Waals surface area contributed by atoms with Crippen LogP contribution in [0.1, 0.15) is 21.5 Å². The highest BCUT2D eigenvalue weighted by Crippen LogP contribution is 2.20. The van der Waals surface area contributed by atoms with Crippen molar-refractivity contribution in [2.24, 2.45) is 5.73 Å². The number of methoxy groups -OCH3 is 1. The Kier molecular flexibility index (Phi) is 7.46. The Morgan fingerprint density at radius 3 is 2.37 bits per heavy atom. The van der Waals surface area contributed by atoms with E-state index in [0.717, 1.165) is 6.08 Å². The van der Waals surface area contributed by atoms with Crippen molar-refractivity contribution in [3.8, 4) is 0 Å². The van der Waals surface area contributed by atoms with Crippen LogP contribution in [0.2, 0.25) is 0 Å². The number of rotatable bonds is 7. The number of hydrogen-bond acceptors (Lipinski definition) is 5. The van der Waals surface area contributed by atoms with Gasteiger partial charge in [-0.2, -0.15) is 0 Å². The van der Waals surface area contributed by atoms with Crippen LogP contribution in [-0.2, 0) is 14.3 Å². The minimum absolute atomic E-state index is 0.250. The van der Waals surface area contributed by atoms with Crippen LogP contribution in [-0.4, -0.2) is 36.0 Å². The SMILES string of the molecule is COC(=O)/C=C/c1cc(NC(=O)c2cccc(NC(=N)N)c2)ccc1/C=C/C(=O)O. The standard InChI is InChI=1S/C21H20N4O5/c1-30-19(28)10-7-14-11-17(8-5-13(14)6-9-18(26)27)24-20(29)15-3-2-4-16(12-15)25-21(22)23/h2-12H,1H3,(H,24,29)(H,26,27)(H4,22,23,25)/b9-6+,10-7+. The van der Waals surface area contributed by atoms with E-state index in [-0.39, 0.29) is 5.96 Å². The fraction of sp³-hybridized carbons (Fsp3) is 0.0476. The molecule has 0 aliphatic rings. The summed E-state index contributed by atoms with van der Waals surface area (Å²) in [4.78, 5) is 34.8. The summed E-state index contributed by atoms with van der Waals surface area (Å²) in [5.74, 6) is -2.35. The second-order valence-corrected chi connectivity index (χ2v) is 5.95. The van der Waals surface area contributed by atoms with E-state index >= 15 is 0 Å². The van der Waals surface area contributed by atoms with Crippen LogP contribution in [0, 0.1) is 5.41 Å². The van der Waals surface area contributed by atoms with Crippen LogP contribution < -0.4 is 16.4 Å². The van der Waals surface area contributed by atoms with Crippen LogP contribution >= 0.6 is 0 Å². The van der Waals surface area contributed by atoms with Crippen molar-refractivity contribution >= 4 is 47.3 Å². The summed E-state index contributed by atoms with van der Waals surface area (Å²) in [5.41, 5.74) is 7.59. The van der Waals surface area contributed by atoms with Gasteiger partial charge < -0.3 is 26.2 Å². The smallest absolute Gasteiger partial charge is 0.330 e. The third kappa shape index (κ3) is 6.64. The zero-order valence-electron chi connectivity index (χ0n) is 16.0. The summed E-state index contributed by atoms with van der Waals surface area (Å²) in [7, 11) is 1.24. The molecule has 2 aromatic rings. The molecule has 0 heterocycles. The lowest BCUT2D eigenvalue weighted by Crippen LogP contribution is -2.20. The molecule has 0 aromatic heterocycles. The van der Waals surface area contributed by atoms with Gasteiger partial charge in [-0.15, -0.1) is 0 Å². The molecule has 154 valence electrons. The zero-order valence-corrected chi connectivity index (χ0v) is 16.0. The molecule has 0 aliphatic carbocycles. The molecule has 0 aliphatic heterocycles. The molecule has 1 amide bonds. The van der Waals surface area contributed by atoms with Crippen LogP contribution in [0.4, 0.5) is 11.4 Å². The molecule has 2 rings (SSSR count). The van der Waals surface area contributed by atoms with Crippen molar-refractivity contribution in [2.75, 3.05) is 17.7 Å². The van der Waals surface area contributed by atoms with Gasteiger partial charge in [0.2, 0.25) is 0 Å². The second-order valence-electron chi connectivity index (χ2n) is 5.95. The van der Waals surface area contributed by atoms with Crippen molar-refractivity contribution in [3.63, 3.8) is 0 Å². The molecule has 0 bridgehead atoms. The van der Waals surface area contributed by atoms with Crippen LogP contribution in [0.5, 0.6) is 0 Å². The molecule has 9 nitrogen and oxygen atoms in total. The average Bonchev–Trinajstić information content (AvgIpc) is 2.70. The largest absolute Gasteiger partial charge is 0.478 e. The number of esters is 1. The maximum atomic E-state index is 12.6. The van der Waals surface area contributed by atoms with Gasteiger partial charge in [0.1, 0.15) is 0 Å². The number of benzene rings is 2. The molecular formula is C21H20N4O5. The highest BCUT2D eigenvalue weighted by Gasteiger charge is 2.09. The molecule has 0 saturated carbocycles. The number of carboxylic acid groups (broad SMARTS) is 1. The van der Waals surface area contributed by atoms with Crippen molar-refractivity contribution in [3.05, 3.63) is 71.3 Å². The number of nitrogens with one attached hydrogen (secondary N) is 3. The lowest BCUT2D eigenvalue weighted by molar-refractivity contribution is -0.135. The predicted octanol–water partition coefficient (Wildman–Crippen LogP) is 2.53. The highest BCUT2D eigenvalue weighted by molar-refractivity contribution is 6.05. The van der Waals surface area contributed by atoms with E-state index in [0.29, 0.717) is 28.1 Å². The second kappa shape index (κ2) is 10.2. The number of anilines is 2. The number of ether oxygens (including phenoxy) is 1. The summed E-state index contributed by atoms with van der Waals surface area (Å²) < 4.78 is 4.56. The van der Waals surface area contributed by atoms with Crippen molar-refractivity contribution in [1.29, 1.82) is 5.41 Å². The minimum atomic E-state index is -1.12. The Morgan fingerprint density at radius 2 is 1.70 bits per heavy atom. The molecule has 0 saturated heterocycles. The molecule has 30 heavy (non-hydrogen) atoms. The molecule has 0 radical (unpaired) electrons. The van der Waals surface area contributed by atoms with E-state index in [4.69, 9.17) is 16.2 Å². The van der Waals surface area contributed by atoms with E-state index < -0.39 is 17.8 Å². The topological polar surface area (TPSA) is 155 Å². The maximum Gasteiger partial charge on any atom is 0.330 e. The van der Waals surface area contributed by atoms with Gasteiger partial charge in [0.25, 0.3) is 5.91 Å². The summed E-state index contributed by atoms with van der Waals surface area (Å²) in [5, 5.41) is 21.4. The summed E-state index contributed by atoms with van der Waals surface area (Å²) in [6.45, 7) is 0. The molecule has 0 spiro atoms. The van der Waals surface area contributed by atoms with Crippen LogP contribution in [0.25, 0.3) is 12.2 Å². The first-order chi connectivity index (χ1) is 14.3. The van der Waals surface area contributed by atoms with E-state index in [1.807, 2.05) is 0 Å². The molecule has 2 aromatic carbocycles. The number of aliphatic carboxylic acids is 1. The molecule has 6 N–H and O–H groups in total. The number of carbonyl (C=O) groups excluding carboxylic acids is 2. The first-order valence-electron chi connectivity index (χ1n) is 8.62. The number of amides is 1. The molecule has 0 atom stereocenters.